The smallest absolute Gasteiger partial charge is 0.220 e. The van der Waals surface area contributed by atoms with Gasteiger partial charge < -0.3 is 5.32 Å². The highest BCUT2D eigenvalue weighted by molar-refractivity contribution is 5.84. The van der Waals surface area contributed by atoms with E-state index in [1.807, 2.05) is 18.2 Å². The van der Waals surface area contributed by atoms with Gasteiger partial charge in [-0.2, -0.15) is 0 Å². The highest BCUT2D eigenvalue weighted by Crippen LogP contribution is 2.45. The topological polar surface area (TPSA) is 29.1 Å². The van der Waals surface area contributed by atoms with Gasteiger partial charge in [-0.25, -0.2) is 0 Å². The molecule has 0 unspecified atom stereocenters. The van der Waals surface area contributed by atoms with Crippen LogP contribution in [0, 0.1) is 0 Å². The Hall–Kier alpha value is -2.87. The van der Waals surface area contributed by atoms with E-state index in [4.69, 9.17) is 0 Å². The molecule has 0 saturated heterocycles. The van der Waals surface area contributed by atoms with Gasteiger partial charge >= 0.3 is 0 Å². The fourth-order valence-electron chi connectivity index (χ4n) is 3.73. The highest BCUT2D eigenvalue weighted by Gasteiger charge is 2.29. The normalized spacial score (nSPS) is 12.5. The number of carbonyl (C=O) groups is 1. The first-order valence-corrected chi connectivity index (χ1v) is 8.82. The van der Waals surface area contributed by atoms with Crippen molar-refractivity contribution in [3.8, 4) is 11.1 Å². The highest BCUT2D eigenvalue weighted by atomic mass is 16.1. The SMILES string of the molecule is O=C(CC1c2ccccc2-c2ccccc21)NCCc1ccccc1. The summed E-state index contributed by atoms with van der Waals surface area (Å²) in [6.07, 6.45) is 1.37. The molecule has 3 aromatic rings. The van der Waals surface area contributed by atoms with E-state index in [1.54, 1.807) is 0 Å². The minimum absolute atomic E-state index is 0.118. The van der Waals surface area contributed by atoms with Crippen molar-refractivity contribution in [3.63, 3.8) is 0 Å². The Balaban J connectivity index is 1.44. The minimum Gasteiger partial charge on any atom is -0.356 e. The molecule has 0 saturated carbocycles. The fourth-order valence-corrected chi connectivity index (χ4v) is 3.73. The number of benzene rings is 3. The van der Waals surface area contributed by atoms with Crippen molar-refractivity contribution in [1.82, 2.24) is 5.32 Å². The van der Waals surface area contributed by atoms with Crippen LogP contribution in [0.5, 0.6) is 0 Å². The van der Waals surface area contributed by atoms with E-state index in [2.05, 4.69) is 66.0 Å². The third-order valence-electron chi connectivity index (χ3n) is 4.93. The Bertz CT molecular complexity index is 840. The van der Waals surface area contributed by atoms with Crippen molar-refractivity contribution in [2.24, 2.45) is 0 Å². The van der Waals surface area contributed by atoms with Crippen LogP contribution < -0.4 is 5.32 Å². The van der Waals surface area contributed by atoms with Crippen molar-refractivity contribution in [1.29, 1.82) is 0 Å². The molecule has 0 fully saturated rings. The molecule has 2 nitrogen and oxygen atoms in total. The average Bonchev–Trinajstić information content (AvgIpc) is 2.97. The van der Waals surface area contributed by atoms with Gasteiger partial charge in [0.2, 0.25) is 5.91 Å². The molecule has 1 aliphatic carbocycles. The molecule has 124 valence electrons. The third-order valence-corrected chi connectivity index (χ3v) is 4.93. The van der Waals surface area contributed by atoms with Gasteiger partial charge in [-0.3, -0.25) is 4.79 Å². The van der Waals surface area contributed by atoms with Crippen molar-refractivity contribution in [3.05, 3.63) is 95.6 Å². The van der Waals surface area contributed by atoms with Gasteiger partial charge in [-0.1, -0.05) is 78.9 Å². The van der Waals surface area contributed by atoms with E-state index in [0.29, 0.717) is 13.0 Å². The van der Waals surface area contributed by atoms with Crippen LogP contribution in [-0.2, 0) is 11.2 Å². The zero-order valence-electron chi connectivity index (χ0n) is 14.1. The Kier molecular flexibility index (Phi) is 4.34. The monoisotopic (exact) mass is 327 g/mol. The first-order valence-electron chi connectivity index (χ1n) is 8.82. The molecule has 1 N–H and O–H groups in total. The second kappa shape index (κ2) is 6.94. The lowest BCUT2D eigenvalue weighted by atomic mass is 9.93. The largest absolute Gasteiger partial charge is 0.356 e. The molecule has 0 bridgehead atoms. The molecule has 4 rings (SSSR count). The van der Waals surface area contributed by atoms with Gasteiger partial charge in [-0.15, -0.1) is 0 Å². The molecular weight excluding hydrogens is 306 g/mol. The van der Waals surface area contributed by atoms with E-state index in [1.165, 1.54) is 27.8 Å². The minimum atomic E-state index is 0.118. The molecular formula is C23H21NO. The van der Waals surface area contributed by atoms with Crippen LogP contribution in [0.15, 0.2) is 78.9 Å². The second-order valence-corrected chi connectivity index (χ2v) is 6.52. The van der Waals surface area contributed by atoms with Gasteiger partial charge in [-0.05, 0) is 34.2 Å². The Morgan fingerprint density at radius 1 is 0.760 bits per heavy atom. The first kappa shape index (κ1) is 15.6. The predicted molar refractivity (Wildman–Crippen MR) is 101 cm³/mol. The molecule has 0 aliphatic heterocycles. The molecule has 1 amide bonds. The van der Waals surface area contributed by atoms with Gasteiger partial charge in [0.15, 0.2) is 0 Å². The van der Waals surface area contributed by atoms with Gasteiger partial charge in [0.05, 0.1) is 0 Å². The second-order valence-electron chi connectivity index (χ2n) is 6.52. The lowest BCUT2D eigenvalue weighted by Crippen LogP contribution is -2.27. The van der Waals surface area contributed by atoms with Crippen LogP contribution in [-0.4, -0.2) is 12.5 Å². The number of fused-ring (bicyclic) bond motifs is 3. The number of amides is 1. The molecule has 3 aromatic carbocycles. The van der Waals surface area contributed by atoms with Crippen LogP contribution in [0.1, 0.15) is 29.0 Å². The lowest BCUT2D eigenvalue weighted by Gasteiger charge is -2.13. The maximum atomic E-state index is 12.5. The first-order chi connectivity index (χ1) is 12.3. The molecule has 1 aliphatic rings. The van der Waals surface area contributed by atoms with Crippen LogP contribution in [0.2, 0.25) is 0 Å². The van der Waals surface area contributed by atoms with Gasteiger partial charge in [0, 0.05) is 18.9 Å². The summed E-state index contributed by atoms with van der Waals surface area (Å²) < 4.78 is 0. The fraction of sp³-hybridized carbons (Fsp3) is 0.174. The van der Waals surface area contributed by atoms with Crippen LogP contribution in [0.3, 0.4) is 0 Å². The number of nitrogens with one attached hydrogen (secondary N) is 1. The Labute approximate surface area is 148 Å². The van der Waals surface area contributed by atoms with Crippen molar-refractivity contribution in [2.45, 2.75) is 18.8 Å². The van der Waals surface area contributed by atoms with Crippen molar-refractivity contribution >= 4 is 5.91 Å². The summed E-state index contributed by atoms with van der Waals surface area (Å²) in [4.78, 5) is 12.5. The summed E-state index contributed by atoms with van der Waals surface area (Å²) >= 11 is 0. The average molecular weight is 327 g/mol. The molecule has 0 atom stereocenters. The van der Waals surface area contributed by atoms with Crippen LogP contribution in [0.4, 0.5) is 0 Å². The standard InChI is InChI=1S/C23H21NO/c25-23(24-15-14-17-8-2-1-3-9-17)16-22-20-12-6-4-10-18(20)19-11-5-7-13-21(19)22/h1-13,22H,14-16H2,(H,24,25). The van der Waals surface area contributed by atoms with Crippen LogP contribution >= 0.6 is 0 Å². The zero-order valence-corrected chi connectivity index (χ0v) is 14.1. The summed E-state index contributed by atoms with van der Waals surface area (Å²) in [5.41, 5.74) is 6.31. The van der Waals surface area contributed by atoms with Crippen molar-refractivity contribution < 1.29 is 4.79 Å². The predicted octanol–water partition coefficient (Wildman–Crippen LogP) is 4.55. The molecule has 0 heterocycles. The molecule has 25 heavy (non-hydrogen) atoms. The van der Waals surface area contributed by atoms with Crippen molar-refractivity contribution in [2.75, 3.05) is 6.54 Å². The number of carbonyl (C=O) groups excluding carboxylic acids is 1. The number of hydrogen-bond donors (Lipinski definition) is 1. The summed E-state index contributed by atoms with van der Waals surface area (Å²) in [5, 5.41) is 3.08. The van der Waals surface area contributed by atoms with Gasteiger partial charge in [0.25, 0.3) is 0 Å². The van der Waals surface area contributed by atoms with Crippen LogP contribution in [0.25, 0.3) is 11.1 Å². The maximum Gasteiger partial charge on any atom is 0.220 e. The summed E-state index contributed by atoms with van der Waals surface area (Å²) in [7, 11) is 0. The summed E-state index contributed by atoms with van der Waals surface area (Å²) in [6.45, 7) is 0.679. The molecule has 0 aromatic heterocycles. The van der Waals surface area contributed by atoms with E-state index < -0.39 is 0 Å². The van der Waals surface area contributed by atoms with E-state index in [9.17, 15) is 4.79 Å². The van der Waals surface area contributed by atoms with E-state index in [-0.39, 0.29) is 11.8 Å². The third kappa shape index (κ3) is 3.20. The van der Waals surface area contributed by atoms with E-state index in [0.717, 1.165) is 6.42 Å². The Morgan fingerprint density at radius 3 is 1.96 bits per heavy atom. The zero-order chi connectivity index (χ0) is 17.1. The lowest BCUT2D eigenvalue weighted by molar-refractivity contribution is -0.121. The summed E-state index contributed by atoms with van der Waals surface area (Å²) in [5.74, 6) is 0.275. The quantitative estimate of drug-likeness (QED) is 0.732. The maximum absolute atomic E-state index is 12.5. The van der Waals surface area contributed by atoms with E-state index >= 15 is 0 Å². The summed E-state index contributed by atoms with van der Waals surface area (Å²) in [6, 6.07) is 27.1. The Morgan fingerprint density at radius 2 is 1.32 bits per heavy atom. The molecule has 0 radical (unpaired) electrons. The molecule has 0 spiro atoms. The van der Waals surface area contributed by atoms with Gasteiger partial charge in [0.1, 0.15) is 0 Å². The molecule has 2 heteroatoms. The number of hydrogen-bond acceptors (Lipinski definition) is 1. The number of rotatable bonds is 5.